The van der Waals surface area contributed by atoms with Gasteiger partial charge in [-0.2, -0.15) is 0 Å². The van der Waals surface area contributed by atoms with Gasteiger partial charge in [-0.15, -0.1) is 0 Å². The van der Waals surface area contributed by atoms with Crippen molar-refractivity contribution >= 4 is 23.1 Å². The number of hydrogen-bond donors (Lipinski definition) is 1. The van der Waals surface area contributed by atoms with E-state index in [9.17, 15) is 14.7 Å². The smallest absolute Gasteiger partial charge is 0.300 e. The number of amides is 1. The predicted molar refractivity (Wildman–Crippen MR) is 134 cm³/mol. The molecule has 4 rings (SSSR count). The summed E-state index contributed by atoms with van der Waals surface area (Å²) in [6, 6.07) is 14.3. The second kappa shape index (κ2) is 8.32. The number of carbonyl (C=O) groups is 2. The van der Waals surface area contributed by atoms with Crippen molar-refractivity contribution in [1.29, 1.82) is 0 Å². The third-order valence-electron chi connectivity index (χ3n) is 6.45. The van der Waals surface area contributed by atoms with Crippen LogP contribution in [-0.2, 0) is 15.0 Å². The summed E-state index contributed by atoms with van der Waals surface area (Å²) in [7, 11) is 0. The normalized spacial score (nSPS) is 18.1. The number of hydrogen-bond acceptors (Lipinski definition) is 4. The number of nitrogens with zero attached hydrogens (tertiary/aromatic N) is 1. The Balaban J connectivity index is 1.99. The average Bonchev–Trinajstić information content (AvgIpc) is 3.28. The SMILES string of the molecule is Cc1ccc(N2C(=O)C(=O)/C(=C(/O)c3cc(C(C)(C)C)ccc3C)C2c2ccc(C)o2)c(C)c1. The van der Waals surface area contributed by atoms with Gasteiger partial charge in [0.05, 0.1) is 5.57 Å². The molecule has 2 aromatic carbocycles. The Hall–Kier alpha value is -3.60. The molecule has 1 saturated heterocycles. The highest BCUT2D eigenvalue weighted by Crippen LogP contribution is 2.44. The van der Waals surface area contributed by atoms with Crippen molar-refractivity contribution in [2.45, 2.75) is 59.9 Å². The minimum Gasteiger partial charge on any atom is -0.507 e. The summed E-state index contributed by atoms with van der Waals surface area (Å²) < 4.78 is 5.91. The quantitative estimate of drug-likeness (QED) is 0.279. The van der Waals surface area contributed by atoms with Crippen LogP contribution in [0.3, 0.4) is 0 Å². The molecule has 1 amide bonds. The standard InChI is InChI=1S/C29H31NO4/c1-16-8-12-22(18(3)14-16)30-25(23-13-10-19(4)34-23)24(27(32)28(30)33)26(31)21-15-20(29(5,6)7)11-9-17(21)2/h8-15,25,31H,1-7H3/b26-24+. The van der Waals surface area contributed by atoms with Gasteiger partial charge in [-0.3, -0.25) is 14.5 Å². The summed E-state index contributed by atoms with van der Waals surface area (Å²) in [5.41, 5.74) is 4.80. The Morgan fingerprint density at radius 3 is 2.21 bits per heavy atom. The maximum Gasteiger partial charge on any atom is 0.300 e. The molecular weight excluding hydrogens is 426 g/mol. The molecule has 1 atom stereocenters. The van der Waals surface area contributed by atoms with Crippen molar-refractivity contribution in [2.75, 3.05) is 4.90 Å². The Kier molecular flexibility index (Phi) is 5.76. The second-order valence-electron chi connectivity index (χ2n) is 10.2. The van der Waals surface area contributed by atoms with Gasteiger partial charge in [0.15, 0.2) is 0 Å². The number of ketones is 1. The first kappa shape index (κ1) is 23.6. The van der Waals surface area contributed by atoms with Crippen LogP contribution in [0.2, 0.25) is 0 Å². The van der Waals surface area contributed by atoms with Crippen LogP contribution in [0.25, 0.3) is 5.76 Å². The lowest BCUT2D eigenvalue weighted by Gasteiger charge is -2.25. The first-order valence-corrected chi connectivity index (χ1v) is 11.5. The summed E-state index contributed by atoms with van der Waals surface area (Å²) in [5.74, 6) is -0.502. The Morgan fingerprint density at radius 1 is 0.912 bits per heavy atom. The average molecular weight is 458 g/mol. The highest BCUT2D eigenvalue weighted by atomic mass is 16.3. The zero-order valence-electron chi connectivity index (χ0n) is 20.8. The lowest BCUT2D eigenvalue weighted by Crippen LogP contribution is -2.30. The van der Waals surface area contributed by atoms with Crippen molar-refractivity contribution in [3.63, 3.8) is 0 Å². The summed E-state index contributed by atoms with van der Waals surface area (Å²) in [6.45, 7) is 13.8. The van der Waals surface area contributed by atoms with Crippen LogP contribution in [0.4, 0.5) is 5.69 Å². The van der Waals surface area contributed by atoms with Crippen LogP contribution in [0.1, 0.15) is 66.2 Å². The number of aryl methyl sites for hydroxylation is 4. The molecule has 1 aliphatic rings. The molecule has 1 N–H and O–H groups in total. The number of rotatable bonds is 3. The van der Waals surface area contributed by atoms with E-state index in [2.05, 4.69) is 20.8 Å². The second-order valence-corrected chi connectivity index (χ2v) is 10.2. The summed E-state index contributed by atoms with van der Waals surface area (Å²) in [5, 5.41) is 11.5. The van der Waals surface area contributed by atoms with E-state index in [-0.39, 0.29) is 16.7 Å². The van der Waals surface area contributed by atoms with E-state index in [0.29, 0.717) is 22.8 Å². The molecule has 34 heavy (non-hydrogen) atoms. The summed E-state index contributed by atoms with van der Waals surface area (Å²) in [4.78, 5) is 28.2. The van der Waals surface area contributed by atoms with E-state index < -0.39 is 17.7 Å². The van der Waals surface area contributed by atoms with Crippen LogP contribution in [0, 0.1) is 27.7 Å². The van der Waals surface area contributed by atoms with E-state index in [1.807, 2.05) is 64.1 Å². The first-order valence-electron chi connectivity index (χ1n) is 11.5. The molecule has 0 saturated carbocycles. The molecule has 176 valence electrons. The molecule has 5 heteroatoms. The molecule has 3 aromatic rings. The molecule has 0 bridgehead atoms. The number of Topliss-reactive ketones (excluding diaryl/α,β-unsaturated/α-hetero) is 1. The molecule has 1 unspecified atom stereocenters. The molecule has 2 heterocycles. The molecular formula is C29H31NO4. The number of aliphatic hydroxyl groups excluding tert-OH is 1. The minimum atomic E-state index is -0.868. The van der Waals surface area contributed by atoms with Gasteiger partial charge in [-0.05, 0) is 74.1 Å². The highest BCUT2D eigenvalue weighted by molar-refractivity contribution is 6.51. The van der Waals surface area contributed by atoms with Crippen LogP contribution in [0.15, 0.2) is 58.5 Å². The van der Waals surface area contributed by atoms with Crippen LogP contribution >= 0.6 is 0 Å². The predicted octanol–water partition coefficient (Wildman–Crippen LogP) is 6.44. The van der Waals surface area contributed by atoms with E-state index in [1.54, 1.807) is 12.1 Å². The fourth-order valence-corrected chi connectivity index (χ4v) is 4.51. The topological polar surface area (TPSA) is 70.8 Å². The lowest BCUT2D eigenvalue weighted by atomic mass is 9.84. The van der Waals surface area contributed by atoms with Gasteiger partial charge in [-0.1, -0.05) is 50.6 Å². The Labute approximate surface area is 200 Å². The van der Waals surface area contributed by atoms with Gasteiger partial charge in [0.2, 0.25) is 0 Å². The maximum absolute atomic E-state index is 13.4. The Bertz CT molecular complexity index is 1340. The van der Waals surface area contributed by atoms with Gasteiger partial charge in [0.1, 0.15) is 23.3 Å². The van der Waals surface area contributed by atoms with Gasteiger partial charge < -0.3 is 9.52 Å². The van der Waals surface area contributed by atoms with Crippen molar-refractivity contribution in [3.8, 4) is 0 Å². The van der Waals surface area contributed by atoms with Gasteiger partial charge in [0.25, 0.3) is 11.7 Å². The first-order chi connectivity index (χ1) is 15.9. The molecule has 0 aliphatic carbocycles. The largest absolute Gasteiger partial charge is 0.507 e. The summed E-state index contributed by atoms with van der Waals surface area (Å²) in [6.07, 6.45) is 0. The van der Waals surface area contributed by atoms with Gasteiger partial charge in [-0.25, -0.2) is 0 Å². The highest BCUT2D eigenvalue weighted by Gasteiger charge is 2.49. The van der Waals surface area contributed by atoms with Gasteiger partial charge >= 0.3 is 0 Å². The molecule has 1 aromatic heterocycles. The van der Waals surface area contributed by atoms with E-state index in [4.69, 9.17) is 4.42 Å². The molecule has 0 radical (unpaired) electrons. The lowest BCUT2D eigenvalue weighted by molar-refractivity contribution is -0.132. The maximum atomic E-state index is 13.4. The zero-order chi connectivity index (χ0) is 24.9. The van der Waals surface area contributed by atoms with Crippen molar-refractivity contribution in [3.05, 3.63) is 93.4 Å². The van der Waals surface area contributed by atoms with Crippen LogP contribution in [-0.4, -0.2) is 16.8 Å². The molecule has 0 spiro atoms. The minimum absolute atomic E-state index is 0.0356. The number of carbonyl (C=O) groups excluding carboxylic acids is 2. The van der Waals surface area contributed by atoms with E-state index >= 15 is 0 Å². The summed E-state index contributed by atoms with van der Waals surface area (Å²) >= 11 is 0. The van der Waals surface area contributed by atoms with Crippen LogP contribution in [0.5, 0.6) is 0 Å². The number of aliphatic hydroxyl groups is 1. The third-order valence-corrected chi connectivity index (χ3v) is 6.45. The van der Waals surface area contributed by atoms with Crippen LogP contribution < -0.4 is 4.90 Å². The number of benzene rings is 2. The number of furan rings is 1. The fraction of sp³-hybridized carbons (Fsp3) is 0.310. The Morgan fingerprint density at radius 2 is 1.62 bits per heavy atom. The zero-order valence-corrected chi connectivity index (χ0v) is 20.8. The molecule has 1 aliphatic heterocycles. The van der Waals surface area contributed by atoms with Crippen molar-refractivity contribution < 1.29 is 19.1 Å². The van der Waals surface area contributed by atoms with E-state index in [1.165, 1.54) is 4.90 Å². The monoisotopic (exact) mass is 457 g/mol. The van der Waals surface area contributed by atoms with Gasteiger partial charge in [0, 0.05) is 11.3 Å². The molecule has 5 nitrogen and oxygen atoms in total. The fourth-order valence-electron chi connectivity index (χ4n) is 4.51. The molecule has 1 fully saturated rings. The van der Waals surface area contributed by atoms with Crippen molar-refractivity contribution in [1.82, 2.24) is 0 Å². The third kappa shape index (κ3) is 3.96. The number of anilines is 1. The van der Waals surface area contributed by atoms with Crippen molar-refractivity contribution in [2.24, 2.45) is 0 Å². The van der Waals surface area contributed by atoms with E-state index in [0.717, 1.165) is 22.3 Å².